The molecule has 0 fully saturated rings. The number of nitrogens with zero attached hydrogens (tertiary/aromatic N) is 2. The van der Waals surface area contributed by atoms with Gasteiger partial charge in [-0.3, -0.25) is 0 Å². The molecule has 1 aromatic heterocycles. The van der Waals surface area contributed by atoms with E-state index in [4.69, 9.17) is 9.84 Å². The number of aromatic carboxylic acids is 1. The number of carbonyl (C=O) groups is 1. The van der Waals surface area contributed by atoms with Crippen LogP contribution in [-0.4, -0.2) is 26.7 Å². The minimum absolute atomic E-state index is 0.0437. The lowest BCUT2D eigenvalue weighted by molar-refractivity contribution is 0.0681. The molecule has 1 aliphatic heterocycles. The lowest BCUT2D eigenvalue weighted by atomic mass is 10.1. The average Bonchev–Trinajstić information content (AvgIpc) is 2.93. The Kier molecular flexibility index (Phi) is 2.97. The van der Waals surface area contributed by atoms with E-state index >= 15 is 0 Å². The lowest BCUT2D eigenvalue weighted by Gasteiger charge is -2.14. The monoisotopic (exact) mass is 272 g/mol. The molecule has 0 saturated carbocycles. The molecular weight excluding hydrogens is 256 g/mol. The SMILES string of the molecule is Cc1ccc2c(c1)CC(Cn1c(C(=O)O)cnc1C)O2. The first-order valence-corrected chi connectivity index (χ1v) is 6.56. The molecule has 2 aromatic rings. The molecule has 1 unspecified atom stereocenters. The summed E-state index contributed by atoms with van der Waals surface area (Å²) in [5.41, 5.74) is 2.60. The summed E-state index contributed by atoms with van der Waals surface area (Å²) < 4.78 is 7.58. The number of ether oxygens (including phenoxy) is 1. The predicted molar refractivity (Wildman–Crippen MR) is 73.2 cm³/mol. The van der Waals surface area contributed by atoms with Gasteiger partial charge in [0.2, 0.25) is 0 Å². The van der Waals surface area contributed by atoms with Gasteiger partial charge in [-0.25, -0.2) is 9.78 Å². The maximum absolute atomic E-state index is 11.2. The molecule has 0 saturated heterocycles. The minimum atomic E-state index is -0.961. The number of aryl methyl sites for hydroxylation is 2. The Morgan fingerprint density at radius 1 is 1.50 bits per heavy atom. The molecule has 20 heavy (non-hydrogen) atoms. The Labute approximate surface area is 116 Å². The Bertz CT molecular complexity index is 676. The van der Waals surface area contributed by atoms with Gasteiger partial charge < -0.3 is 14.4 Å². The zero-order valence-electron chi connectivity index (χ0n) is 11.5. The summed E-state index contributed by atoms with van der Waals surface area (Å²) in [5.74, 6) is 0.630. The van der Waals surface area contributed by atoms with E-state index in [0.29, 0.717) is 12.4 Å². The highest BCUT2D eigenvalue weighted by Crippen LogP contribution is 2.30. The van der Waals surface area contributed by atoms with Crippen molar-refractivity contribution in [3.63, 3.8) is 0 Å². The van der Waals surface area contributed by atoms with Gasteiger partial charge in [0.15, 0.2) is 0 Å². The Morgan fingerprint density at radius 2 is 2.30 bits per heavy atom. The van der Waals surface area contributed by atoms with Crippen LogP contribution in [0.25, 0.3) is 0 Å². The van der Waals surface area contributed by atoms with Crippen LogP contribution < -0.4 is 4.74 Å². The highest BCUT2D eigenvalue weighted by molar-refractivity contribution is 5.85. The molecule has 2 heterocycles. The summed E-state index contributed by atoms with van der Waals surface area (Å²) >= 11 is 0. The number of carboxylic acids is 1. The number of rotatable bonds is 3. The number of hydrogen-bond acceptors (Lipinski definition) is 3. The first kappa shape index (κ1) is 12.7. The lowest BCUT2D eigenvalue weighted by Crippen LogP contribution is -2.24. The molecule has 3 rings (SSSR count). The van der Waals surface area contributed by atoms with E-state index in [0.717, 1.165) is 12.2 Å². The van der Waals surface area contributed by atoms with Gasteiger partial charge in [-0.15, -0.1) is 0 Å². The molecule has 1 aliphatic rings. The predicted octanol–water partition coefficient (Wildman–Crippen LogP) is 2.20. The van der Waals surface area contributed by atoms with E-state index in [1.807, 2.05) is 12.1 Å². The minimum Gasteiger partial charge on any atom is -0.488 e. The van der Waals surface area contributed by atoms with Gasteiger partial charge in [0.25, 0.3) is 0 Å². The normalized spacial score (nSPS) is 16.8. The molecule has 0 spiro atoms. The molecule has 0 radical (unpaired) electrons. The van der Waals surface area contributed by atoms with Gasteiger partial charge in [0, 0.05) is 6.42 Å². The standard InChI is InChI=1S/C15H16N2O3/c1-9-3-4-14-11(5-9)6-12(20-14)8-17-10(2)16-7-13(17)15(18)19/h3-5,7,12H,6,8H2,1-2H3,(H,18,19). The van der Waals surface area contributed by atoms with E-state index in [2.05, 4.69) is 18.0 Å². The van der Waals surface area contributed by atoms with Crippen LogP contribution in [0.4, 0.5) is 0 Å². The number of hydrogen-bond donors (Lipinski definition) is 1. The van der Waals surface area contributed by atoms with E-state index in [1.165, 1.54) is 17.3 Å². The van der Waals surface area contributed by atoms with Crippen molar-refractivity contribution in [2.75, 3.05) is 0 Å². The van der Waals surface area contributed by atoms with E-state index < -0.39 is 5.97 Å². The molecule has 1 aromatic carbocycles. The van der Waals surface area contributed by atoms with Crippen molar-refractivity contribution >= 4 is 5.97 Å². The third kappa shape index (κ3) is 2.15. The van der Waals surface area contributed by atoms with E-state index in [9.17, 15) is 4.79 Å². The second-order valence-corrected chi connectivity index (χ2v) is 5.16. The van der Waals surface area contributed by atoms with Gasteiger partial charge in [0.1, 0.15) is 23.4 Å². The Balaban J connectivity index is 1.81. The summed E-state index contributed by atoms with van der Waals surface area (Å²) in [6.45, 7) is 4.36. The summed E-state index contributed by atoms with van der Waals surface area (Å²) in [6.07, 6.45) is 2.15. The smallest absolute Gasteiger partial charge is 0.354 e. The molecule has 5 heteroatoms. The Hall–Kier alpha value is -2.30. The van der Waals surface area contributed by atoms with Crippen molar-refractivity contribution in [3.8, 4) is 5.75 Å². The van der Waals surface area contributed by atoms with E-state index in [-0.39, 0.29) is 11.8 Å². The van der Waals surface area contributed by atoms with Crippen molar-refractivity contribution in [2.24, 2.45) is 0 Å². The summed E-state index contributed by atoms with van der Waals surface area (Å²) in [4.78, 5) is 15.2. The molecular formula is C15H16N2O3. The van der Waals surface area contributed by atoms with Gasteiger partial charge >= 0.3 is 5.97 Å². The quantitative estimate of drug-likeness (QED) is 0.930. The fourth-order valence-electron chi connectivity index (χ4n) is 2.62. The van der Waals surface area contributed by atoms with Crippen molar-refractivity contribution < 1.29 is 14.6 Å². The van der Waals surface area contributed by atoms with Gasteiger partial charge in [-0.2, -0.15) is 0 Å². The van der Waals surface area contributed by atoms with Gasteiger partial charge in [-0.05, 0) is 25.5 Å². The Morgan fingerprint density at radius 3 is 3.05 bits per heavy atom. The average molecular weight is 272 g/mol. The number of imidazole rings is 1. The van der Waals surface area contributed by atoms with Crippen molar-refractivity contribution in [2.45, 2.75) is 32.9 Å². The fourth-order valence-corrected chi connectivity index (χ4v) is 2.62. The fraction of sp³-hybridized carbons (Fsp3) is 0.333. The molecule has 0 bridgehead atoms. The van der Waals surface area contributed by atoms with Crippen LogP contribution in [0.1, 0.15) is 27.4 Å². The van der Waals surface area contributed by atoms with Crippen LogP contribution >= 0.6 is 0 Å². The van der Waals surface area contributed by atoms with Crippen LogP contribution in [0.15, 0.2) is 24.4 Å². The summed E-state index contributed by atoms with van der Waals surface area (Å²) in [7, 11) is 0. The highest BCUT2D eigenvalue weighted by atomic mass is 16.5. The molecule has 0 aliphatic carbocycles. The number of benzene rings is 1. The third-order valence-electron chi connectivity index (χ3n) is 3.62. The number of carboxylic acid groups (broad SMARTS) is 1. The summed E-state index contributed by atoms with van der Waals surface area (Å²) in [6, 6.07) is 6.12. The zero-order valence-corrected chi connectivity index (χ0v) is 11.5. The van der Waals surface area contributed by atoms with Crippen molar-refractivity contribution in [1.82, 2.24) is 9.55 Å². The molecule has 5 nitrogen and oxygen atoms in total. The maximum atomic E-state index is 11.2. The maximum Gasteiger partial charge on any atom is 0.354 e. The number of fused-ring (bicyclic) bond motifs is 1. The molecule has 1 atom stereocenters. The number of aromatic nitrogens is 2. The van der Waals surface area contributed by atoms with Crippen LogP contribution in [0.2, 0.25) is 0 Å². The third-order valence-corrected chi connectivity index (χ3v) is 3.62. The van der Waals surface area contributed by atoms with Crippen LogP contribution in [0.5, 0.6) is 5.75 Å². The molecule has 0 amide bonds. The van der Waals surface area contributed by atoms with Crippen LogP contribution in [-0.2, 0) is 13.0 Å². The first-order valence-electron chi connectivity index (χ1n) is 6.56. The topological polar surface area (TPSA) is 64.4 Å². The van der Waals surface area contributed by atoms with Gasteiger partial charge in [0.05, 0.1) is 12.7 Å². The van der Waals surface area contributed by atoms with E-state index in [1.54, 1.807) is 11.5 Å². The highest BCUT2D eigenvalue weighted by Gasteiger charge is 2.25. The summed E-state index contributed by atoms with van der Waals surface area (Å²) in [5, 5.41) is 9.16. The van der Waals surface area contributed by atoms with Crippen LogP contribution in [0, 0.1) is 13.8 Å². The largest absolute Gasteiger partial charge is 0.488 e. The second kappa shape index (κ2) is 4.67. The van der Waals surface area contributed by atoms with Crippen molar-refractivity contribution in [1.29, 1.82) is 0 Å². The van der Waals surface area contributed by atoms with Gasteiger partial charge in [-0.1, -0.05) is 17.7 Å². The van der Waals surface area contributed by atoms with Crippen molar-refractivity contribution in [3.05, 3.63) is 47.0 Å². The molecule has 104 valence electrons. The van der Waals surface area contributed by atoms with Crippen LogP contribution in [0.3, 0.4) is 0 Å². The molecule has 1 N–H and O–H groups in total. The second-order valence-electron chi connectivity index (χ2n) is 5.16. The zero-order chi connectivity index (χ0) is 14.3. The first-order chi connectivity index (χ1) is 9.54.